The number of hydrogen-bond acceptors (Lipinski definition) is 3. The van der Waals surface area contributed by atoms with Gasteiger partial charge in [0.05, 0.1) is 6.07 Å². The summed E-state index contributed by atoms with van der Waals surface area (Å²) in [4.78, 5) is 2.14. The van der Waals surface area contributed by atoms with Crippen molar-refractivity contribution in [2.24, 2.45) is 5.73 Å². The van der Waals surface area contributed by atoms with E-state index < -0.39 is 0 Å². The molecule has 0 radical (unpaired) electrons. The lowest BCUT2D eigenvalue weighted by Crippen LogP contribution is -2.39. The summed E-state index contributed by atoms with van der Waals surface area (Å²) in [5.74, 6) is 0. The molecule has 0 aliphatic rings. The molecular formula is C9H19N3. The molecule has 0 rings (SSSR count). The fourth-order valence-corrected chi connectivity index (χ4v) is 1.17. The lowest BCUT2D eigenvalue weighted by Gasteiger charge is -2.24. The molecule has 2 unspecified atom stereocenters. The smallest absolute Gasteiger partial charge is 0.106 e. The Morgan fingerprint density at radius 2 is 2.17 bits per heavy atom. The number of nitrogens with two attached hydrogens (primary N) is 1. The average Bonchev–Trinajstić information content (AvgIpc) is 2.04. The Morgan fingerprint density at radius 1 is 1.58 bits per heavy atom. The maximum atomic E-state index is 8.49. The van der Waals surface area contributed by atoms with Crippen LogP contribution in [0.2, 0.25) is 0 Å². The van der Waals surface area contributed by atoms with Gasteiger partial charge in [-0.15, -0.1) is 0 Å². The van der Waals surface area contributed by atoms with Crippen molar-refractivity contribution in [3.8, 4) is 6.07 Å². The summed E-state index contributed by atoms with van der Waals surface area (Å²) in [5.41, 5.74) is 5.51. The second kappa shape index (κ2) is 5.99. The third kappa shape index (κ3) is 4.32. The van der Waals surface area contributed by atoms with Crippen molar-refractivity contribution in [3.63, 3.8) is 0 Å². The first-order valence-electron chi connectivity index (χ1n) is 4.47. The minimum Gasteiger partial charge on any atom is -0.315 e. The molecule has 3 nitrogen and oxygen atoms in total. The van der Waals surface area contributed by atoms with Crippen molar-refractivity contribution in [2.45, 2.75) is 38.8 Å². The average molecular weight is 169 g/mol. The van der Waals surface area contributed by atoms with E-state index in [1.165, 1.54) is 6.42 Å². The normalized spacial score (nSPS) is 15.7. The van der Waals surface area contributed by atoms with E-state index in [0.29, 0.717) is 12.6 Å². The standard InChI is InChI=1S/C9H19N3/c1-4-5-8(2)12(3)7-9(11)6-10/h8-9H,4-5,7,11H2,1-3H3. The Morgan fingerprint density at radius 3 is 2.58 bits per heavy atom. The number of hydrogen-bond donors (Lipinski definition) is 1. The van der Waals surface area contributed by atoms with Crippen molar-refractivity contribution in [1.29, 1.82) is 5.26 Å². The summed E-state index contributed by atoms with van der Waals surface area (Å²) in [5, 5.41) is 8.49. The zero-order valence-electron chi connectivity index (χ0n) is 8.25. The molecule has 0 aromatic heterocycles. The van der Waals surface area contributed by atoms with Crippen molar-refractivity contribution < 1.29 is 0 Å². The summed E-state index contributed by atoms with van der Waals surface area (Å²) >= 11 is 0. The van der Waals surface area contributed by atoms with E-state index in [0.717, 1.165) is 6.42 Å². The molecule has 0 bridgehead atoms. The Balaban J connectivity index is 3.71. The van der Waals surface area contributed by atoms with Crippen LogP contribution in [-0.4, -0.2) is 30.6 Å². The van der Waals surface area contributed by atoms with Gasteiger partial charge in [0.1, 0.15) is 6.04 Å². The third-order valence-corrected chi connectivity index (χ3v) is 2.11. The molecule has 0 heterocycles. The van der Waals surface area contributed by atoms with Crippen LogP contribution in [0.1, 0.15) is 26.7 Å². The van der Waals surface area contributed by atoms with Crippen molar-refractivity contribution >= 4 is 0 Å². The molecule has 0 aliphatic carbocycles. The number of likely N-dealkylation sites (N-methyl/N-ethyl adjacent to an activating group) is 1. The highest BCUT2D eigenvalue weighted by atomic mass is 15.1. The SMILES string of the molecule is CCCC(C)N(C)CC(N)C#N. The minimum absolute atomic E-state index is 0.352. The van der Waals surface area contributed by atoms with Gasteiger partial charge in [0.15, 0.2) is 0 Å². The van der Waals surface area contributed by atoms with Gasteiger partial charge in [-0.05, 0) is 20.4 Å². The monoisotopic (exact) mass is 169 g/mol. The van der Waals surface area contributed by atoms with E-state index in [1.54, 1.807) is 0 Å². The number of nitrogens with zero attached hydrogens (tertiary/aromatic N) is 2. The Bertz CT molecular complexity index is 150. The van der Waals surface area contributed by atoms with Crippen LogP contribution >= 0.6 is 0 Å². The first kappa shape index (κ1) is 11.4. The zero-order chi connectivity index (χ0) is 9.56. The molecule has 2 N–H and O–H groups in total. The molecule has 0 fully saturated rings. The maximum absolute atomic E-state index is 8.49. The molecule has 0 aromatic carbocycles. The van der Waals surface area contributed by atoms with Crippen LogP contribution in [0.15, 0.2) is 0 Å². The lowest BCUT2D eigenvalue weighted by molar-refractivity contribution is 0.241. The van der Waals surface area contributed by atoms with Crippen LogP contribution in [0.25, 0.3) is 0 Å². The molecule has 0 spiro atoms. The molecule has 0 aromatic rings. The van der Waals surface area contributed by atoms with Gasteiger partial charge in [-0.3, -0.25) is 0 Å². The molecule has 12 heavy (non-hydrogen) atoms. The van der Waals surface area contributed by atoms with E-state index in [4.69, 9.17) is 11.0 Å². The summed E-state index contributed by atoms with van der Waals surface area (Å²) < 4.78 is 0. The van der Waals surface area contributed by atoms with E-state index in [-0.39, 0.29) is 6.04 Å². The van der Waals surface area contributed by atoms with Crippen LogP contribution in [0.4, 0.5) is 0 Å². The second-order valence-electron chi connectivity index (χ2n) is 3.31. The van der Waals surface area contributed by atoms with Gasteiger partial charge < -0.3 is 10.6 Å². The van der Waals surface area contributed by atoms with Gasteiger partial charge in [0.25, 0.3) is 0 Å². The minimum atomic E-state index is -0.352. The van der Waals surface area contributed by atoms with E-state index >= 15 is 0 Å². The Hall–Kier alpha value is -0.590. The molecule has 2 atom stereocenters. The molecule has 0 aliphatic heterocycles. The summed E-state index contributed by atoms with van der Waals surface area (Å²) in [6.07, 6.45) is 2.34. The first-order chi connectivity index (χ1) is 5.61. The second-order valence-corrected chi connectivity index (χ2v) is 3.31. The molecule has 0 amide bonds. The lowest BCUT2D eigenvalue weighted by atomic mass is 10.1. The highest BCUT2D eigenvalue weighted by Crippen LogP contribution is 2.03. The van der Waals surface area contributed by atoms with Crippen molar-refractivity contribution in [2.75, 3.05) is 13.6 Å². The molecular weight excluding hydrogens is 150 g/mol. The fourth-order valence-electron chi connectivity index (χ4n) is 1.17. The van der Waals surface area contributed by atoms with Gasteiger partial charge >= 0.3 is 0 Å². The largest absolute Gasteiger partial charge is 0.315 e. The third-order valence-electron chi connectivity index (χ3n) is 2.11. The van der Waals surface area contributed by atoms with Gasteiger partial charge in [-0.2, -0.15) is 5.26 Å². The summed E-state index contributed by atoms with van der Waals surface area (Å²) in [6.45, 7) is 4.99. The fraction of sp³-hybridized carbons (Fsp3) is 0.889. The molecule has 3 heteroatoms. The predicted molar refractivity (Wildman–Crippen MR) is 50.6 cm³/mol. The number of rotatable bonds is 5. The van der Waals surface area contributed by atoms with Gasteiger partial charge in [0, 0.05) is 12.6 Å². The predicted octanol–water partition coefficient (Wildman–Crippen LogP) is 0.958. The van der Waals surface area contributed by atoms with Crippen molar-refractivity contribution in [1.82, 2.24) is 4.90 Å². The number of nitriles is 1. The summed E-state index contributed by atoms with van der Waals surface area (Å²) in [6, 6.07) is 2.20. The quantitative estimate of drug-likeness (QED) is 0.667. The molecule has 0 saturated heterocycles. The highest BCUT2D eigenvalue weighted by Gasteiger charge is 2.10. The van der Waals surface area contributed by atoms with Crippen LogP contribution in [0.5, 0.6) is 0 Å². The Labute approximate surface area is 75.2 Å². The van der Waals surface area contributed by atoms with Crippen LogP contribution in [-0.2, 0) is 0 Å². The van der Waals surface area contributed by atoms with Crippen LogP contribution in [0, 0.1) is 11.3 Å². The van der Waals surface area contributed by atoms with Gasteiger partial charge in [0.2, 0.25) is 0 Å². The maximum Gasteiger partial charge on any atom is 0.106 e. The molecule has 0 saturated carbocycles. The van der Waals surface area contributed by atoms with Crippen LogP contribution < -0.4 is 5.73 Å². The summed E-state index contributed by atoms with van der Waals surface area (Å²) in [7, 11) is 2.01. The zero-order valence-corrected chi connectivity index (χ0v) is 8.25. The van der Waals surface area contributed by atoms with Crippen molar-refractivity contribution in [3.05, 3.63) is 0 Å². The van der Waals surface area contributed by atoms with E-state index in [2.05, 4.69) is 18.7 Å². The van der Waals surface area contributed by atoms with Gasteiger partial charge in [-0.1, -0.05) is 13.3 Å². The van der Waals surface area contributed by atoms with E-state index in [9.17, 15) is 0 Å². The topological polar surface area (TPSA) is 53.0 Å². The van der Waals surface area contributed by atoms with Gasteiger partial charge in [-0.25, -0.2) is 0 Å². The van der Waals surface area contributed by atoms with E-state index in [1.807, 2.05) is 13.1 Å². The molecule has 70 valence electrons. The highest BCUT2D eigenvalue weighted by molar-refractivity contribution is 4.89. The Kier molecular flexibility index (Phi) is 5.69. The first-order valence-corrected chi connectivity index (χ1v) is 4.47. The van der Waals surface area contributed by atoms with Crippen LogP contribution in [0.3, 0.4) is 0 Å².